The Morgan fingerprint density at radius 2 is 1.86 bits per heavy atom. The summed E-state index contributed by atoms with van der Waals surface area (Å²) in [5.74, 6) is -0.947. The van der Waals surface area contributed by atoms with Gasteiger partial charge in [0.25, 0.3) is 0 Å². The minimum atomic E-state index is -1.10. The van der Waals surface area contributed by atoms with Gasteiger partial charge in [-0.05, 0) is 19.3 Å². The van der Waals surface area contributed by atoms with Crippen molar-refractivity contribution >= 4 is 11.9 Å². The molecule has 1 unspecified atom stereocenters. The van der Waals surface area contributed by atoms with E-state index < -0.39 is 11.5 Å². The number of carboxylic acids is 1. The van der Waals surface area contributed by atoms with Gasteiger partial charge in [-0.1, -0.05) is 13.8 Å². The number of hydrogen-bond donors (Lipinski definition) is 1. The van der Waals surface area contributed by atoms with Crippen molar-refractivity contribution in [1.82, 2.24) is 4.90 Å². The minimum Gasteiger partial charge on any atom is -0.480 e. The molecule has 0 aliphatic heterocycles. The Balaban J connectivity index is 4.89. The molecule has 0 aromatic heterocycles. The Hall–Kier alpha value is -1.06. The van der Waals surface area contributed by atoms with Crippen molar-refractivity contribution in [3.63, 3.8) is 0 Å². The van der Waals surface area contributed by atoms with E-state index in [1.54, 1.807) is 6.92 Å². The third kappa shape index (κ3) is 2.72. The Bertz CT molecular complexity index is 238. The number of aliphatic carboxylic acids is 1. The standard InChI is InChI=1S/C10H19NO3/c1-7(2)6-10(4,9(13)14)11(5)8(3)12/h7H,6H2,1-5H3,(H,13,14). The van der Waals surface area contributed by atoms with Gasteiger partial charge in [0, 0.05) is 14.0 Å². The molecule has 0 aliphatic carbocycles. The van der Waals surface area contributed by atoms with Crippen molar-refractivity contribution in [2.45, 2.75) is 39.7 Å². The van der Waals surface area contributed by atoms with Crippen molar-refractivity contribution in [3.05, 3.63) is 0 Å². The summed E-state index contributed by atoms with van der Waals surface area (Å²) in [5, 5.41) is 9.11. The molecule has 0 aromatic rings. The van der Waals surface area contributed by atoms with E-state index in [1.807, 2.05) is 13.8 Å². The zero-order valence-electron chi connectivity index (χ0n) is 9.50. The van der Waals surface area contributed by atoms with E-state index in [4.69, 9.17) is 5.11 Å². The highest BCUT2D eigenvalue weighted by molar-refractivity contribution is 5.85. The maximum Gasteiger partial charge on any atom is 0.329 e. The lowest BCUT2D eigenvalue weighted by Crippen LogP contribution is -2.53. The van der Waals surface area contributed by atoms with E-state index in [9.17, 15) is 9.59 Å². The van der Waals surface area contributed by atoms with Crippen LogP contribution in [0.2, 0.25) is 0 Å². The highest BCUT2D eigenvalue weighted by Gasteiger charge is 2.39. The molecule has 1 amide bonds. The molecule has 82 valence electrons. The monoisotopic (exact) mass is 201 g/mol. The van der Waals surface area contributed by atoms with Gasteiger partial charge in [0.1, 0.15) is 5.54 Å². The van der Waals surface area contributed by atoms with E-state index in [-0.39, 0.29) is 11.8 Å². The van der Waals surface area contributed by atoms with Crippen LogP contribution in [0.4, 0.5) is 0 Å². The first-order valence-corrected chi connectivity index (χ1v) is 4.69. The predicted octanol–water partition coefficient (Wildman–Crippen LogP) is 1.35. The average Bonchev–Trinajstić information content (AvgIpc) is 2.00. The maximum absolute atomic E-state index is 11.1. The molecular formula is C10H19NO3. The van der Waals surface area contributed by atoms with Crippen molar-refractivity contribution < 1.29 is 14.7 Å². The summed E-state index contributed by atoms with van der Waals surface area (Å²) < 4.78 is 0. The van der Waals surface area contributed by atoms with Gasteiger partial charge in [-0.15, -0.1) is 0 Å². The van der Waals surface area contributed by atoms with Crippen LogP contribution in [0.1, 0.15) is 34.1 Å². The van der Waals surface area contributed by atoms with Crippen LogP contribution in [0, 0.1) is 5.92 Å². The summed E-state index contributed by atoms with van der Waals surface area (Å²) in [4.78, 5) is 23.5. The highest BCUT2D eigenvalue weighted by atomic mass is 16.4. The van der Waals surface area contributed by atoms with E-state index in [0.717, 1.165) is 0 Å². The fourth-order valence-corrected chi connectivity index (χ4v) is 1.51. The zero-order chi connectivity index (χ0) is 11.5. The van der Waals surface area contributed by atoms with E-state index in [2.05, 4.69) is 0 Å². The number of rotatable bonds is 4. The molecule has 0 radical (unpaired) electrons. The largest absolute Gasteiger partial charge is 0.480 e. The zero-order valence-corrected chi connectivity index (χ0v) is 9.50. The first-order valence-electron chi connectivity index (χ1n) is 4.69. The third-order valence-corrected chi connectivity index (χ3v) is 2.48. The van der Waals surface area contributed by atoms with Crippen LogP contribution >= 0.6 is 0 Å². The molecule has 0 rings (SSSR count). The highest BCUT2D eigenvalue weighted by Crippen LogP contribution is 2.23. The van der Waals surface area contributed by atoms with E-state index in [0.29, 0.717) is 6.42 Å². The lowest BCUT2D eigenvalue weighted by Gasteiger charge is -2.35. The van der Waals surface area contributed by atoms with Gasteiger partial charge >= 0.3 is 5.97 Å². The van der Waals surface area contributed by atoms with Crippen LogP contribution in [0.5, 0.6) is 0 Å². The van der Waals surface area contributed by atoms with Crippen LogP contribution in [0.15, 0.2) is 0 Å². The summed E-state index contributed by atoms with van der Waals surface area (Å²) in [6.07, 6.45) is 0.457. The smallest absolute Gasteiger partial charge is 0.329 e. The van der Waals surface area contributed by atoms with Crippen LogP contribution in [-0.4, -0.2) is 34.5 Å². The first kappa shape index (κ1) is 12.9. The SMILES string of the molecule is CC(=O)N(C)C(C)(CC(C)C)C(=O)O. The van der Waals surface area contributed by atoms with Crippen molar-refractivity contribution in [3.8, 4) is 0 Å². The number of carbonyl (C=O) groups excluding carboxylic acids is 1. The molecule has 0 aromatic carbocycles. The molecule has 4 nitrogen and oxygen atoms in total. The Morgan fingerprint density at radius 1 is 1.43 bits per heavy atom. The number of likely N-dealkylation sites (N-methyl/N-ethyl adjacent to an activating group) is 1. The molecule has 1 N–H and O–H groups in total. The molecule has 14 heavy (non-hydrogen) atoms. The molecule has 1 atom stereocenters. The van der Waals surface area contributed by atoms with E-state index >= 15 is 0 Å². The fourth-order valence-electron chi connectivity index (χ4n) is 1.51. The molecule has 0 spiro atoms. The van der Waals surface area contributed by atoms with Gasteiger partial charge in [-0.25, -0.2) is 4.79 Å². The van der Waals surface area contributed by atoms with Crippen molar-refractivity contribution in [1.29, 1.82) is 0 Å². The number of hydrogen-bond acceptors (Lipinski definition) is 2. The lowest BCUT2D eigenvalue weighted by molar-refractivity contribution is -0.157. The molecule has 0 bridgehead atoms. The van der Waals surface area contributed by atoms with Gasteiger partial charge in [-0.3, -0.25) is 4.79 Å². The Kier molecular flexibility index (Phi) is 4.10. The molecule has 0 fully saturated rings. The third-order valence-electron chi connectivity index (χ3n) is 2.48. The topological polar surface area (TPSA) is 57.6 Å². The fraction of sp³-hybridized carbons (Fsp3) is 0.800. The van der Waals surface area contributed by atoms with Crippen LogP contribution in [0.3, 0.4) is 0 Å². The van der Waals surface area contributed by atoms with Gasteiger partial charge in [-0.2, -0.15) is 0 Å². The molecule has 4 heteroatoms. The maximum atomic E-state index is 11.1. The summed E-state index contributed by atoms with van der Waals surface area (Å²) in [6.45, 7) is 6.84. The summed E-state index contributed by atoms with van der Waals surface area (Å²) >= 11 is 0. The number of nitrogens with zero attached hydrogens (tertiary/aromatic N) is 1. The summed E-state index contributed by atoms with van der Waals surface area (Å²) in [6, 6.07) is 0. The second kappa shape index (κ2) is 4.44. The minimum absolute atomic E-state index is 0.226. The quantitative estimate of drug-likeness (QED) is 0.747. The van der Waals surface area contributed by atoms with Crippen LogP contribution < -0.4 is 0 Å². The number of carbonyl (C=O) groups is 2. The van der Waals surface area contributed by atoms with Crippen molar-refractivity contribution in [2.75, 3.05) is 7.05 Å². The molecule has 0 heterocycles. The second-order valence-corrected chi connectivity index (χ2v) is 4.26. The van der Waals surface area contributed by atoms with Crippen LogP contribution in [-0.2, 0) is 9.59 Å². The predicted molar refractivity (Wildman–Crippen MR) is 53.9 cm³/mol. The number of carboxylic acid groups (broad SMARTS) is 1. The second-order valence-electron chi connectivity index (χ2n) is 4.26. The van der Waals surface area contributed by atoms with Gasteiger partial charge in [0.15, 0.2) is 0 Å². The Labute approximate surface area is 84.9 Å². The summed E-state index contributed by atoms with van der Waals surface area (Å²) in [7, 11) is 1.53. The first-order chi connectivity index (χ1) is 6.21. The molecular weight excluding hydrogens is 182 g/mol. The van der Waals surface area contributed by atoms with Gasteiger partial charge in [0.2, 0.25) is 5.91 Å². The molecule has 0 saturated heterocycles. The lowest BCUT2D eigenvalue weighted by atomic mass is 9.89. The molecule has 0 aliphatic rings. The van der Waals surface area contributed by atoms with Gasteiger partial charge < -0.3 is 10.0 Å². The average molecular weight is 201 g/mol. The van der Waals surface area contributed by atoms with E-state index in [1.165, 1.54) is 18.9 Å². The number of amides is 1. The summed E-state index contributed by atoms with van der Waals surface area (Å²) in [5.41, 5.74) is -1.10. The Morgan fingerprint density at radius 3 is 2.07 bits per heavy atom. The van der Waals surface area contributed by atoms with Gasteiger partial charge in [0.05, 0.1) is 0 Å². The van der Waals surface area contributed by atoms with Crippen LogP contribution in [0.25, 0.3) is 0 Å². The molecule has 0 saturated carbocycles. The van der Waals surface area contributed by atoms with Crippen molar-refractivity contribution in [2.24, 2.45) is 5.92 Å². The normalized spacial score (nSPS) is 15.0.